The van der Waals surface area contributed by atoms with Crippen LogP contribution in [0, 0.1) is 11.8 Å². The fourth-order valence-corrected chi connectivity index (χ4v) is 6.62. The normalized spacial score (nSPS) is 30.2. The van der Waals surface area contributed by atoms with Gasteiger partial charge in [-0.1, -0.05) is 6.92 Å². The Morgan fingerprint density at radius 1 is 1.06 bits per heavy atom. The summed E-state index contributed by atoms with van der Waals surface area (Å²) in [5.41, 5.74) is 6.67. The Morgan fingerprint density at radius 2 is 1.69 bits per heavy atom. The van der Waals surface area contributed by atoms with Gasteiger partial charge in [0.15, 0.2) is 0 Å². The lowest BCUT2D eigenvalue weighted by molar-refractivity contribution is -0.137. The minimum atomic E-state index is -4.55. The van der Waals surface area contributed by atoms with E-state index >= 15 is 0 Å². The molecular formula is C26H35F3N6O. The van der Waals surface area contributed by atoms with Crippen LogP contribution >= 0.6 is 0 Å². The highest BCUT2D eigenvalue weighted by Gasteiger charge is 2.58. The SMILES string of the molecule is CCC(C)n1nc(-c2cnc(N)c(C(F)(F)F)c2)cc1C1C2CC(N3CCN(C4COC4)CC3)CC21. The van der Waals surface area contributed by atoms with E-state index in [2.05, 4.69) is 33.3 Å². The second kappa shape index (κ2) is 8.99. The molecule has 2 saturated carbocycles. The number of hydrogen-bond donors (Lipinski definition) is 1. The third kappa shape index (κ3) is 4.20. The van der Waals surface area contributed by atoms with Crippen LogP contribution in [-0.4, -0.2) is 76.0 Å². The molecule has 6 rings (SSSR count). The minimum absolute atomic E-state index is 0.179. The van der Waals surface area contributed by atoms with E-state index < -0.39 is 17.6 Å². The molecule has 0 amide bonds. The number of alkyl halides is 3. The number of nitrogens with two attached hydrogens (primary N) is 1. The van der Waals surface area contributed by atoms with Crippen LogP contribution in [-0.2, 0) is 10.9 Å². The number of nitrogens with zero attached hydrogens (tertiary/aromatic N) is 5. The van der Waals surface area contributed by atoms with Crippen molar-refractivity contribution in [2.24, 2.45) is 11.8 Å². The summed E-state index contributed by atoms with van der Waals surface area (Å²) in [4.78, 5) is 9.07. The van der Waals surface area contributed by atoms with Gasteiger partial charge in [-0.05, 0) is 50.2 Å². The standard InChI is InChI=1S/C26H35F3N6O/c1-3-15(2)35-23(11-22(32-35)16-8-21(26(27,28)29)25(30)31-12-16)24-19-9-17(10-20(19)24)33-4-6-34(7-5-33)18-13-36-14-18/h8,11-12,15,17-20,24H,3-7,9-10,13-14H2,1-2H3,(H2,30,31). The Morgan fingerprint density at radius 3 is 2.25 bits per heavy atom. The first kappa shape index (κ1) is 24.2. The molecule has 7 nitrogen and oxygen atoms in total. The molecule has 4 aliphatic rings. The number of piperazine rings is 1. The first-order valence-electron chi connectivity index (χ1n) is 13.2. The minimum Gasteiger partial charge on any atom is -0.383 e. The third-order valence-corrected chi connectivity index (χ3v) is 9.06. The van der Waals surface area contributed by atoms with Crippen molar-refractivity contribution >= 4 is 5.82 Å². The van der Waals surface area contributed by atoms with Gasteiger partial charge in [0.1, 0.15) is 5.82 Å². The lowest BCUT2D eigenvalue weighted by Crippen LogP contribution is -2.57. The summed E-state index contributed by atoms with van der Waals surface area (Å²) < 4.78 is 47.7. The van der Waals surface area contributed by atoms with Crippen molar-refractivity contribution in [3.8, 4) is 11.3 Å². The molecule has 10 heteroatoms. The predicted molar refractivity (Wildman–Crippen MR) is 130 cm³/mol. The maximum absolute atomic E-state index is 13.4. The summed E-state index contributed by atoms with van der Waals surface area (Å²) in [6.45, 7) is 10.5. The van der Waals surface area contributed by atoms with Crippen molar-refractivity contribution in [1.82, 2.24) is 24.6 Å². The molecule has 2 saturated heterocycles. The molecule has 4 heterocycles. The van der Waals surface area contributed by atoms with Gasteiger partial charge in [-0.3, -0.25) is 14.5 Å². The van der Waals surface area contributed by atoms with E-state index in [0.717, 1.165) is 57.6 Å². The van der Waals surface area contributed by atoms with E-state index in [-0.39, 0.29) is 6.04 Å². The number of rotatable bonds is 6. The third-order valence-electron chi connectivity index (χ3n) is 9.06. The zero-order chi connectivity index (χ0) is 25.2. The van der Waals surface area contributed by atoms with Gasteiger partial charge in [-0.2, -0.15) is 18.3 Å². The van der Waals surface area contributed by atoms with Crippen LogP contribution in [0.15, 0.2) is 18.3 Å². The molecule has 3 unspecified atom stereocenters. The van der Waals surface area contributed by atoms with Crippen molar-refractivity contribution in [2.45, 2.75) is 63.3 Å². The molecule has 0 aromatic carbocycles. The molecule has 2 aliphatic heterocycles. The summed E-state index contributed by atoms with van der Waals surface area (Å²) in [5.74, 6) is 1.21. The van der Waals surface area contributed by atoms with Crippen LogP contribution in [0.5, 0.6) is 0 Å². The lowest BCUT2D eigenvalue weighted by Gasteiger charge is -2.44. The molecule has 0 radical (unpaired) electrons. The molecule has 3 atom stereocenters. The number of pyridine rings is 1. The van der Waals surface area contributed by atoms with Crippen LogP contribution in [0.3, 0.4) is 0 Å². The smallest absolute Gasteiger partial charge is 0.383 e. The fourth-order valence-electron chi connectivity index (χ4n) is 6.62. The Bertz CT molecular complexity index is 1100. The number of fused-ring (bicyclic) bond motifs is 1. The first-order chi connectivity index (χ1) is 17.2. The quantitative estimate of drug-likeness (QED) is 0.641. The van der Waals surface area contributed by atoms with E-state index in [9.17, 15) is 13.2 Å². The van der Waals surface area contributed by atoms with Crippen molar-refractivity contribution in [1.29, 1.82) is 0 Å². The number of halogens is 3. The Hall–Kier alpha value is -2.17. The van der Waals surface area contributed by atoms with Gasteiger partial charge in [0.25, 0.3) is 0 Å². The van der Waals surface area contributed by atoms with E-state index in [0.29, 0.717) is 41.1 Å². The van der Waals surface area contributed by atoms with Crippen LogP contribution < -0.4 is 5.73 Å². The number of nitrogen functional groups attached to an aromatic ring is 1. The van der Waals surface area contributed by atoms with Crippen molar-refractivity contribution in [3.05, 3.63) is 29.6 Å². The number of aromatic nitrogens is 3. The first-order valence-corrected chi connectivity index (χ1v) is 13.2. The largest absolute Gasteiger partial charge is 0.419 e. The van der Waals surface area contributed by atoms with Crippen LogP contribution in [0.4, 0.5) is 19.0 Å². The van der Waals surface area contributed by atoms with E-state index in [1.807, 2.05) is 6.07 Å². The summed E-state index contributed by atoms with van der Waals surface area (Å²) in [7, 11) is 0. The van der Waals surface area contributed by atoms with Crippen molar-refractivity contribution in [2.75, 3.05) is 45.1 Å². The summed E-state index contributed by atoms with van der Waals surface area (Å²) in [6.07, 6.45) is 0.156. The van der Waals surface area contributed by atoms with Gasteiger partial charge < -0.3 is 10.5 Å². The molecule has 2 N–H and O–H groups in total. The van der Waals surface area contributed by atoms with E-state index in [1.54, 1.807) is 0 Å². The number of hydrogen-bond acceptors (Lipinski definition) is 6. The molecule has 4 fully saturated rings. The molecular weight excluding hydrogens is 469 g/mol. The molecule has 2 aromatic heterocycles. The average molecular weight is 505 g/mol. The maximum Gasteiger partial charge on any atom is 0.419 e. The van der Waals surface area contributed by atoms with Gasteiger partial charge in [0.2, 0.25) is 0 Å². The zero-order valence-electron chi connectivity index (χ0n) is 20.9. The summed E-state index contributed by atoms with van der Waals surface area (Å²) in [5, 5.41) is 4.78. The lowest BCUT2D eigenvalue weighted by atomic mass is 10.0. The zero-order valence-corrected chi connectivity index (χ0v) is 20.9. The topological polar surface area (TPSA) is 72.4 Å². The Balaban J connectivity index is 1.17. The van der Waals surface area contributed by atoms with Gasteiger partial charge in [-0.25, -0.2) is 4.98 Å². The van der Waals surface area contributed by atoms with Crippen LogP contribution in [0.25, 0.3) is 11.3 Å². The fraction of sp³-hybridized carbons (Fsp3) is 0.692. The molecule has 0 bridgehead atoms. The predicted octanol–water partition coefficient (Wildman–Crippen LogP) is 4.03. The number of ether oxygens (including phenoxy) is 1. The highest BCUT2D eigenvalue weighted by atomic mass is 19.4. The highest BCUT2D eigenvalue weighted by Crippen LogP contribution is 2.64. The van der Waals surface area contributed by atoms with Crippen molar-refractivity contribution in [3.63, 3.8) is 0 Å². The second-order valence-corrected chi connectivity index (χ2v) is 11.1. The van der Waals surface area contributed by atoms with E-state index in [1.165, 1.54) is 19.0 Å². The second-order valence-electron chi connectivity index (χ2n) is 11.1. The van der Waals surface area contributed by atoms with Crippen LogP contribution in [0.1, 0.15) is 56.3 Å². The molecule has 196 valence electrons. The summed E-state index contributed by atoms with van der Waals surface area (Å²) >= 11 is 0. The van der Waals surface area contributed by atoms with Gasteiger partial charge >= 0.3 is 6.18 Å². The monoisotopic (exact) mass is 504 g/mol. The average Bonchev–Trinajstić information content (AvgIpc) is 3.15. The number of anilines is 1. The molecule has 0 spiro atoms. The summed E-state index contributed by atoms with van der Waals surface area (Å²) in [6, 6.07) is 4.52. The van der Waals surface area contributed by atoms with Gasteiger partial charge in [-0.15, -0.1) is 0 Å². The van der Waals surface area contributed by atoms with Crippen molar-refractivity contribution < 1.29 is 17.9 Å². The molecule has 2 aliphatic carbocycles. The Labute approximate surface area is 209 Å². The maximum atomic E-state index is 13.4. The molecule has 36 heavy (non-hydrogen) atoms. The van der Waals surface area contributed by atoms with Crippen LogP contribution in [0.2, 0.25) is 0 Å². The van der Waals surface area contributed by atoms with Gasteiger partial charge in [0, 0.05) is 61.6 Å². The Kier molecular flexibility index (Phi) is 6.04. The molecule has 2 aromatic rings. The highest BCUT2D eigenvalue weighted by molar-refractivity contribution is 5.63. The van der Waals surface area contributed by atoms with E-state index in [4.69, 9.17) is 15.6 Å². The van der Waals surface area contributed by atoms with Gasteiger partial charge in [0.05, 0.1) is 30.5 Å².